The molecular weight excluding hydrogens is 497 g/mol. The Balaban J connectivity index is 0.00000312. The number of hydrogen-bond donors (Lipinski definition) is 1. The molecule has 0 aliphatic carbocycles. The second-order valence-electron chi connectivity index (χ2n) is 6.11. The molecule has 0 saturated carbocycles. The van der Waals surface area contributed by atoms with Gasteiger partial charge in [0.2, 0.25) is 0 Å². The van der Waals surface area contributed by atoms with E-state index in [1.54, 1.807) is 0 Å². The summed E-state index contributed by atoms with van der Waals surface area (Å²) in [6.07, 6.45) is 2.10. The summed E-state index contributed by atoms with van der Waals surface area (Å²) >= 11 is 3.46. The van der Waals surface area contributed by atoms with Crippen LogP contribution in [0.5, 0.6) is 0 Å². The summed E-state index contributed by atoms with van der Waals surface area (Å²) in [5.74, 6) is 1.49. The Kier molecular flexibility index (Phi) is 11.7. The van der Waals surface area contributed by atoms with Gasteiger partial charge in [0, 0.05) is 50.8 Å². The van der Waals surface area contributed by atoms with Crippen LogP contribution in [0.3, 0.4) is 0 Å². The number of nitrogens with one attached hydrogen (secondary N) is 1. The molecule has 1 fully saturated rings. The maximum absolute atomic E-state index is 5.72. The van der Waals surface area contributed by atoms with Gasteiger partial charge in [0.25, 0.3) is 0 Å². The standard InChI is InChI=1S/C18H28BrN3O2.HI/c1-20-18(22(2)12-15-4-6-17(19)7-5-15)21-9-3-10-23-13-16-8-11-24-14-16;/h4-7,16H,3,8-14H2,1-2H3,(H,20,21);1H. The van der Waals surface area contributed by atoms with Crippen molar-refractivity contribution in [3.63, 3.8) is 0 Å². The topological polar surface area (TPSA) is 46.1 Å². The van der Waals surface area contributed by atoms with Gasteiger partial charge in [-0.25, -0.2) is 0 Å². The molecule has 1 aliphatic rings. The van der Waals surface area contributed by atoms with Crippen LogP contribution >= 0.6 is 39.9 Å². The summed E-state index contributed by atoms with van der Waals surface area (Å²) in [5, 5.41) is 3.39. The summed E-state index contributed by atoms with van der Waals surface area (Å²) in [5.41, 5.74) is 1.26. The molecule has 1 unspecified atom stereocenters. The van der Waals surface area contributed by atoms with Gasteiger partial charge in [0.15, 0.2) is 5.96 Å². The van der Waals surface area contributed by atoms with E-state index in [9.17, 15) is 0 Å². The van der Waals surface area contributed by atoms with Crippen LogP contribution in [0, 0.1) is 5.92 Å². The minimum Gasteiger partial charge on any atom is -0.381 e. The molecule has 2 rings (SSSR count). The summed E-state index contributed by atoms with van der Waals surface area (Å²) in [4.78, 5) is 6.47. The molecule has 5 nitrogen and oxygen atoms in total. The average Bonchev–Trinajstić information content (AvgIpc) is 3.09. The quantitative estimate of drug-likeness (QED) is 0.244. The van der Waals surface area contributed by atoms with E-state index in [1.165, 1.54) is 5.56 Å². The van der Waals surface area contributed by atoms with Gasteiger partial charge in [0.05, 0.1) is 13.2 Å². The first-order chi connectivity index (χ1) is 11.7. The second-order valence-corrected chi connectivity index (χ2v) is 7.03. The average molecular weight is 526 g/mol. The van der Waals surface area contributed by atoms with E-state index >= 15 is 0 Å². The van der Waals surface area contributed by atoms with Crippen molar-refractivity contribution in [1.82, 2.24) is 10.2 Å². The molecule has 0 radical (unpaired) electrons. The van der Waals surface area contributed by atoms with Crippen molar-refractivity contribution in [2.75, 3.05) is 47.1 Å². The van der Waals surface area contributed by atoms with E-state index in [4.69, 9.17) is 9.47 Å². The zero-order valence-corrected chi connectivity index (χ0v) is 19.0. The van der Waals surface area contributed by atoms with Crippen LogP contribution in [0.2, 0.25) is 0 Å². The van der Waals surface area contributed by atoms with Crippen molar-refractivity contribution in [1.29, 1.82) is 0 Å². The van der Waals surface area contributed by atoms with Crippen molar-refractivity contribution < 1.29 is 9.47 Å². The van der Waals surface area contributed by atoms with Gasteiger partial charge in [-0.3, -0.25) is 4.99 Å². The summed E-state index contributed by atoms with van der Waals surface area (Å²) in [6.45, 7) is 5.01. The first-order valence-corrected chi connectivity index (χ1v) is 9.30. The molecule has 1 aromatic carbocycles. The molecule has 0 bridgehead atoms. The molecule has 1 aliphatic heterocycles. The molecule has 25 heavy (non-hydrogen) atoms. The lowest BCUT2D eigenvalue weighted by atomic mass is 10.1. The molecule has 0 aromatic heterocycles. The Morgan fingerprint density at radius 2 is 2.16 bits per heavy atom. The summed E-state index contributed by atoms with van der Waals surface area (Å²) in [6, 6.07) is 8.36. The number of aliphatic imine (C=N–C) groups is 1. The van der Waals surface area contributed by atoms with Gasteiger partial charge in [-0.1, -0.05) is 28.1 Å². The molecule has 1 heterocycles. The SMILES string of the molecule is CN=C(NCCCOCC1CCOC1)N(C)Cc1ccc(Br)cc1.I. The van der Waals surface area contributed by atoms with Crippen molar-refractivity contribution in [3.05, 3.63) is 34.3 Å². The zero-order valence-electron chi connectivity index (χ0n) is 15.0. The highest BCUT2D eigenvalue weighted by Gasteiger charge is 2.15. The highest BCUT2D eigenvalue weighted by atomic mass is 127. The zero-order chi connectivity index (χ0) is 17.2. The van der Waals surface area contributed by atoms with E-state index in [0.29, 0.717) is 5.92 Å². The minimum atomic E-state index is 0. The summed E-state index contributed by atoms with van der Waals surface area (Å²) in [7, 11) is 3.87. The molecule has 1 aromatic rings. The van der Waals surface area contributed by atoms with Gasteiger partial charge < -0.3 is 19.7 Å². The van der Waals surface area contributed by atoms with E-state index in [0.717, 1.165) is 62.8 Å². The van der Waals surface area contributed by atoms with Crippen LogP contribution < -0.4 is 5.32 Å². The van der Waals surface area contributed by atoms with E-state index < -0.39 is 0 Å². The third-order valence-electron chi connectivity index (χ3n) is 4.03. The smallest absolute Gasteiger partial charge is 0.193 e. The van der Waals surface area contributed by atoms with E-state index in [2.05, 4.69) is 55.4 Å². The van der Waals surface area contributed by atoms with Gasteiger partial charge in [-0.05, 0) is 30.5 Å². The van der Waals surface area contributed by atoms with Gasteiger partial charge in [-0.2, -0.15) is 0 Å². The van der Waals surface area contributed by atoms with Crippen molar-refractivity contribution >= 4 is 45.9 Å². The number of rotatable bonds is 8. The van der Waals surface area contributed by atoms with Gasteiger partial charge in [-0.15, -0.1) is 24.0 Å². The third kappa shape index (κ3) is 8.70. The van der Waals surface area contributed by atoms with Crippen LogP contribution in [-0.4, -0.2) is 57.9 Å². The number of nitrogens with zero attached hydrogens (tertiary/aromatic N) is 2. The normalized spacial score (nSPS) is 17.2. The Labute approximate surface area is 176 Å². The molecule has 1 N–H and O–H groups in total. The third-order valence-corrected chi connectivity index (χ3v) is 4.56. The fraction of sp³-hybridized carbons (Fsp3) is 0.611. The number of halogens is 2. The fourth-order valence-corrected chi connectivity index (χ4v) is 2.93. The molecule has 7 heteroatoms. The fourth-order valence-electron chi connectivity index (χ4n) is 2.66. The second kappa shape index (κ2) is 12.9. The van der Waals surface area contributed by atoms with E-state index in [1.807, 2.05) is 14.1 Å². The first-order valence-electron chi connectivity index (χ1n) is 8.50. The lowest BCUT2D eigenvalue weighted by molar-refractivity contribution is 0.0887. The van der Waals surface area contributed by atoms with Crippen LogP contribution in [0.25, 0.3) is 0 Å². The predicted molar refractivity (Wildman–Crippen MR) is 117 cm³/mol. The van der Waals surface area contributed by atoms with Crippen molar-refractivity contribution in [3.8, 4) is 0 Å². The molecule has 1 saturated heterocycles. The molecule has 142 valence electrons. The Morgan fingerprint density at radius 1 is 1.40 bits per heavy atom. The number of ether oxygens (including phenoxy) is 2. The van der Waals surface area contributed by atoms with Crippen molar-refractivity contribution in [2.24, 2.45) is 10.9 Å². The van der Waals surface area contributed by atoms with Gasteiger partial charge in [0.1, 0.15) is 0 Å². The highest BCUT2D eigenvalue weighted by molar-refractivity contribution is 14.0. The minimum absolute atomic E-state index is 0. The monoisotopic (exact) mass is 525 g/mol. The highest BCUT2D eigenvalue weighted by Crippen LogP contribution is 2.13. The van der Waals surface area contributed by atoms with Crippen LogP contribution in [-0.2, 0) is 16.0 Å². The maximum Gasteiger partial charge on any atom is 0.193 e. The Morgan fingerprint density at radius 3 is 2.80 bits per heavy atom. The van der Waals surface area contributed by atoms with Crippen LogP contribution in [0.4, 0.5) is 0 Å². The molecule has 1 atom stereocenters. The van der Waals surface area contributed by atoms with Crippen LogP contribution in [0.1, 0.15) is 18.4 Å². The number of hydrogen-bond acceptors (Lipinski definition) is 3. The Bertz CT molecular complexity index is 508. The van der Waals surface area contributed by atoms with Gasteiger partial charge >= 0.3 is 0 Å². The summed E-state index contributed by atoms with van der Waals surface area (Å²) < 4.78 is 12.2. The first kappa shape index (κ1) is 22.7. The van der Waals surface area contributed by atoms with E-state index in [-0.39, 0.29) is 24.0 Å². The number of guanidine groups is 1. The number of benzene rings is 1. The van der Waals surface area contributed by atoms with Crippen LogP contribution in [0.15, 0.2) is 33.7 Å². The van der Waals surface area contributed by atoms with Crippen molar-refractivity contribution in [2.45, 2.75) is 19.4 Å². The largest absolute Gasteiger partial charge is 0.381 e. The molecular formula is C18H29BrIN3O2. The molecule has 0 amide bonds. The predicted octanol–water partition coefficient (Wildman–Crippen LogP) is 3.52. The molecule has 0 spiro atoms. The lowest BCUT2D eigenvalue weighted by Crippen LogP contribution is -2.39. The lowest BCUT2D eigenvalue weighted by Gasteiger charge is -2.22. The Hall–Kier alpha value is -0.380. The maximum atomic E-state index is 5.72.